The zero-order valence-corrected chi connectivity index (χ0v) is 12.6. The van der Waals surface area contributed by atoms with Crippen LogP contribution in [0.1, 0.15) is 11.1 Å². The maximum atomic E-state index is 12.6. The van der Waals surface area contributed by atoms with Gasteiger partial charge in [-0.15, -0.1) is 0 Å². The largest absolute Gasteiger partial charge is 0.398 e. The fourth-order valence-corrected chi connectivity index (χ4v) is 3.38. The molecule has 0 fully saturated rings. The molecule has 1 aromatic carbocycles. The number of sulfonamides is 1. The quantitative estimate of drug-likeness (QED) is 0.857. The van der Waals surface area contributed by atoms with Gasteiger partial charge in [0, 0.05) is 38.1 Å². The van der Waals surface area contributed by atoms with Gasteiger partial charge in [-0.1, -0.05) is 6.07 Å². The Hall–Kier alpha value is -1.86. The van der Waals surface area contributed by atoms with Crippen molar-refractivity contribution in [1.82, 2.24) is 14.1 Å². The summed E-state index contributed by atoms with van der Waals surface area (Å²) in [5.41, 5.74) is 7.66. The summed E-state index contributed by atoms with van der Waals surface area (Å²) in [6, 6.07) is 4.91. The molecule has 20 heavy (non-hydrogen) atoms. The van der Waals surface area contributed by atoms with Crippen LogP contribution in [0.5, 0.6) is 0 Å². The van der Waals surface area contributed by atoms with Gasteiger partial charge in [0.2, 0.25) is 10.0 Å². The molecule has 2 rings (SSSR count). The molecule has 2 aromatic rings. The highest BCUT2D eigenvalue weighted by atomic mass is 32.2. The Balaban J connectivity index is 2.32. The highest BCUT2D eigenvalue weighted by Crippen LogP contribution is 2.24. The van der Waals surface area contributed by atoms with Gasteiger partial charge in [-0.25, -0.2) is 8.42 Å². The molecule has 6 nitrogen and oxygen atoms in total. The summed E-state index contributed by atoms with van der Waals surface area (Å²) in [6.45, 7) is 1.98. The fraction of sp³-hybridized carbons (Fsp3) is 0.308. The first-order chi connectivity index (χ1) is 9.32. The Bertz CT molecular complexity index is 722. The molecule has 0 unspecified atom stereocenters. The van der Waals surface area contributed by atoms with Crippen molar-refractivity contribution in [3.63, 3.8) is 0 Å². The van der Waals surface area contributed by atoms with Crippen molar-refractivity contribution >= 4 is 15.7 Å². The SMILES string of the molecule is Cc1c(N)cccc1S(=O)(=O)N(C)Cc1cnn(C)c1. The van der Waals surface area contributed by atoms with Crippen LogP contribution in [0.15, 0.2) is 35.5 Å². The Morgan fingerprint density at radius 2 is 2.10 bits per heavy atom. The minimum Gasteiger partial charge on any atom is -0.398 e. The van der Waals surface area contributed by atoms with Crippen molar-refractivity contribution in [2.24, 2.45) is 7.05 Å². The Kier molecular flexibility index (Phi) is 3.82. The molecule has 0 saturated heterocycles. The lowest BCUT2D eigenvalue weighted by molar-refractivity contribution is 0.466. The van der Waals surface area contributed by atoms with Gasteiger partial charge in [0.1, 0.15) is 0 Å². The lowest BCUT2D eigenvalue weighted by Crippen LogP contribution is -2.27. The lowest BCUT2D eigenvalue weighted by atomic mass is 10.2. The lowest BCUT2D eigenvalue weighted by Gasteiger charge is -2.18. The van der Waals surface area contributed by atoms with Crippen molar-refractivity contribution in [2.45, 2.75) is 18.4 Å². The number of rotatable bonds is 4. The van der Waals surface area contributed by atoms with E-state index in [2.05, 4.69) is 5.10 Å². The second kappa shape index (κ2) is 5.26. The second-order valence-electron chi connectivity index (χ2n) is 4.75. The van der Waals surface area contributed by atoms with Crippen molar-refractivity contribution in [2.75, 3.05) is 12.8 Å². The van der Waals surface area contributed by atoms with E-state index in [9.17, 15) is 8.42 Å². The average Bonchev–Trinajstić information content (AvgIpc) is 2.78. The molecular weight excluding hydrogens is 276 g/mol. The first-order valence-corrected chi connectivity index (χ1v) is 7.55. The third kappa shape index (κ3) is 2.68. The summed E-state index contributed by atoms with van der Waals surface area (Å²) < 4.78 is 28.1. The number of hydrogen-bond donors (Lipinski definition) is 1. The van der Waals surface area contributed by atoms with Crippen LogP contribution < -0.4 is 5.73 Å². The van der Waals surface area contributed by atoms with E-state index in [1.807, 2.05) is 0 Å². The third-order valence-electron chi connectivity index (χ3n) is 3.18. The van der Waals surface area contributed by atoms with E-state index in [1.165, 1.54) is 4.31 Å². The molecule has 1 aromatic heterocycles. The van der Waals surface area contributed by atoms with Gasteiger partial charge in [-0.3, -0.25) is 4.68 Å². The van der Waals surface area contributed by atoms with Crippen molar-refractivity contribution in [3.8, 4) is 0 Å². The third-order valence-corrected chi connectivity index (χ3v) is 5.13. The Labute approximate surface area is 118 Å². The van der Waals surface area contributed by atoms with E-state index in [0.29, 0.717) is 11.3 Å². The normalized spacial score (nSPS) is 12.0. The predicted octanol–water partition coefficient (Wildman–Crippen LogP) is 1.13. The van der Waals surface area contributed by atoms with E-state index >= 15 is 0 Å². The molecule has 0 aliphatic heterocycles. The minimum atomic E-state index is -3.56. The number of nitrogen functional groups attached to an aromatic ring is 1. The molecule has 0 aliphatic rings. The number of anilines is 1. The van der Waals surface area contributed by atoms with Crippen LogP contribution >= 0.6 is 0 Å². The van der Waals surface area contributed by atoms with Crippen molar-refractivity contribution in [3.05, 3.63) is 41.7 Å². The van der Waals surface area contributed by atoms with Gasteiger partial charge in [0.05, 0.1) is 11.1 Å². The van der Waals surface area contributed by atoms with E-state index in [-0.39, 0.29) is 11.4 Å². The summed E-state index contributed by atoms with van der Waals surface area (Å²) in [5.74, 6) is 0. The summed E-state index contributed by atoms with van der Waals surface area (Å²) in [6.07, 6.45) is 3.44. The molecule has 0 saturated carbocycles. The Morgan fingerprint density at radius 1 is 1.40 bits per heavy atom. The van der Waals surface area contributed by atoms with Crippen LogP contribution in [-0.4, -0.2) is 29.6 Å². The highest BCUT2D eigenvalue weighted by molar-refractivity contribution is 7.89. The topological polar surface area (TPSA) is 81.2 Å². The number of benzene rings is 1. The van der Waals surface area contributed by atoms with Crippen molar-refractivity contribution in [1.29, 1.82) is 0 Å². The van der Waals surface area contributed by atoms with Gasteiger partial charge in [0.25, 0.3) is 0 Å². The molecule has 0 atom stereocenters. The van der Waals surface area contributed by atoms with Crippen LogP contribution in [0.3, 0.4) is 0 Å². The molecule has 2 N–H and O–H groups in total. The first-order valence-electron chi connectivity index (χ1n) is 6.11. The van der Waals surface area contributed by atoms with Gasteiger partial charge >= 0.3 is 0 Å². The predicted molar refractivity (Wildman–Crippen MR) is 77.5 cm³/mol. The molecule has 0 aliphatic carbocycles. The molecule has 0 bridgehead atoms. The number of nitrogens with two attached hydrogens (primary N) is 1. The number of aromatic nitrogens is 2. The van der Waals surface area contributed by atoms with Crippen LogP contribution in [0.2, 0.25) is 0 Å². The van der Waals surface area contributed by atoms with E-state index in [0.717, 1.165) is 5.56 Å². The van der Waals surface area contributed by atoms with Gasteiger partial charge < -0.3 is 5.73 Å². The molecule has 0 amide bonds. The summed E-state index contributed by atoms with van der Waals surface area (Å²) in [5, 5.41) is 4.03. The standard InChI is InChI=1S/C13H18N4O2S/c1-10-12(14)5-4-6-13(10)20(18,19)17(3)9-11-7-15-16(2)8-11/h4-8H,9,14H2,1-3H3. The van der Waals surface area contributed by atoms with Crippen LogP contribution in [0.4, 0.5) is 5.69 Å². The summed E-state index contributed by atoms with van der Waals surface area (Å²) in [7, 11) is -0.226. The molecule has 0 spiro atoms. The molecule has 0 radical (unpaired) electrons. The molecule has 7 heteroatoms. The van der Waals surface area contributed by atoms with E-state index < -0.39 is 10.0 Å². The number of aryl methyl sites for hydroxylation is 1. The van der Waals surface area contributed by atoms with Crippen molar-refractivity contribution < 1.29 is 8.42 Å². The molecular formula is C13H18N4O2S. The minimum absolute atomic E-state index is 0.240. The maximum Gasteiger partial charge on any atom is 0.243 e. The van der Waals surface area contributed by atoms with Gasteiger partial charge in [0.15, 0.2) is 0 Å². The maximum absolute atomic E-state index is 12.6. The average molecular weight is 294 g/mol. The smallest absolute Gasteiger partial charge is 0.243 e. The van der Waals surface area contributed by atoms with Crippen LogP contribution in [0, 0.1) is 6.92 Å². The first kappa shape index (κ1) is 14.5. The zero-order chi connectivity index (χ0) is 14.9. The second-order valence-corrected chi connectivity index (χ2v) is 6.77. The van der Waals surface area contributed by atoms with Gasteiger partial charge in [-0.05, 0) is 24.6 Å². The number of hydrogen-bond acceptors (Lipinski definition) is 4. The van der Waals surface area contributed by atoms with Gasteiger partial charge in [-0.2, -0.15) is 9.40 Å². The molecule has 1 heterocycles. The van der Waals surface area contributed by atoms with Crippen LogP contribution in [-0.2, 0) is 23.6 Å². The monoisotopic (exact) mass is 294 g/mol. The molecule has 108 valence electrons. The van der Waals surface area contributed by atoms with Crippen LogP contribution in [0.25, 0.3) is 0 Å². The van der Waals surface area contributed by atoms with E-state index in [1.54, 1.807) is 56.3 Å². The van der Waals surface area contributed by atoms with E-state index in [4.69, 9.17) is 5.73 Å². The number of nitrogens with zero attached hydrogens (tertiary/aromatic N) is 3. The summed E-state index contributed by atoms with van der Waals surface area (Å²) >= 11 is 0. The summed E-state index contributed by atoms with van der Waals surface area (Å²) in [4.78, 5) is 0.240. The zero-order valence-electron chi connectivity index (χ0n) is 11.7. The fourth-order valence-electron chi connectivity index (χ4n) is 1.97. The Morgan fingerprint density at radius 3 is 2.70 bits per heavy atom. The highest BCUT2D eigenvalue weighted by Gasteiger charge is 2.23.